The van der Waals surface area contributed by atoms with E-state index in [0.29, 0.717) is 84.5 Å². The zero-order chi connectivity index (χ0) is 53.3. The number of ether oxygens (including phenoxy) is 10. The first-order chi connectivity index (χ1) is 35.9. The summed E-state index contributed by atoms with van der Waals surface area (Å²) in [6.07, 6.45) is 12.2. The number of rotatable bonds is 25. The molecule has 3 N–H and O–H groups in total. The fraction of sp³-hybridized carbons (Fsp3) is 0.196. The second-order valence-corrected chi connectivity index (χ2v) is 16.6. The standard InChI is InChI=1S/C56H56BrClN2O14/c1-63-43-21-20-36(51(54(43)71-9)60-25-22-41(61)35-14-12-11-13-15-35)18-16-34-28-47(67-5)53(70-8)49(29-34)73-74-56-50(57)38(31-48(68-6)55(56)72-10)42(62)23-24-59-40-32-44(64-2)39(58)30-37(40)19-17-33-26-45(65-3)52(69-7)46(27-33)66-4/h11-32,42,59-60,62H,1-10H3/b18-16-,19-17-,24-23-,25-22-. The summed E-state index contributed by atoms with van der Waals surface area (Å²) >= 11 is 10.2. The van der Waals surface area contributed by atoms with Crippen LogP contribution in [0.4, 0.5) is 11.4 Å². The number of nitrogens with one attached hydrogen (secondary N) is 2. The molecule has 0 aromatic heterocycles. The van der Waals surface area contributed by atoms with Gasteiger partial charge in [0.2, 0.25) is 28.7 Å². The summed E-state index contributed by atoms with van der Waals surface area (Å²) in [5, 5.41) is 18.5. The van der Waals surface area contributed by atoms with Gasteiger partial charge in [0.25, 0.3) is 0 Å². The molecule has 6 aromatic carbocycles. The minimum absolute atomic E-state index is 0.0331. The lowest BCUT2D eigenvalue weighted by Gasteiger charge is -2.19. The number of methoxy groups -OCH3 is 10. The van der Waals surface area contributed by atoms with E-state index in [4.69, 9.17) is 68.7 Å². The highest BCUT2D eigenvalue weighted by atomic mass is 79.9. The van der Waals surface area contributed by atoms with Crippen molar-refractivity contribution in [3.05, 3.63) is 152 Å². The van der Waals surface area contributed by atoms with Crippen LogP contribution in [0, 0.1) is 0 Å². The molecule has 6 rings (SSSR count). The van der Waals surface area contributed by atoms with Gasteiger partial charge in [-0.15, -0.1) is 0 Å². The summed E-state index contributed by atoms with van der Waals surface area (Å²) < 4.78 is 56.5. The Bertz CT molecular complexity index is 3030. The van der Waals surface area contributed by atoms with Crippen LogP contribution >= 0.6 is 27.5 Å². The summed E-state index contributed by atoms with van der Waals surface area (Å²) in [6, 6.07) is 24.7. The van der Waals surface area contributed by atoms with Crippen molar-refractivity contribution in [1.82, 2.24) is 0 Å². The Hall–Kier alpha value is -8.12. The number of aliphatic hydroxyl groups is 1. The van der Waals surface area contributed by atoms with Gasteiger partial charge in [-0.1, -0.05) is 66.2 Å². The summed E-state index contributed by atoms with van der Waals surface area (Å²) in [7, 11) is 15.1. The largest absolute Gasteiger partial charge is 0.495 e. The molecule has 0 heterocycles. The van der Waals surface area contributed by atoms with Gasteiger partial charge in [-0.05, 0) is 93.4 Å². The molecule has 0 saturated carbocycles. The second-order valence-electron chi connectivity index (χ2n) is 15.4. The minimum Gasteiger partial charge on any atom is -0.495 e. The molecule has 0 amide bonds. The average Bonchev–Trinajstić information content (AvgIpc) is 3.43. The van der Waals surface area contributed by atoms with E-state index in [-0.39, 0.29) is 39.0 Å². The average molecular weight is 1100 g/mol. The zero-order valence-corrected chi connectivity index (χ0v) is 44.6. The van der Waals surface area contributed by atoms with Gasteiger partial charge < -0.3 is 63.1 Å². The number of anilines is 2. The van der Waals surface area contributed by atoms with Crippen LogP contribution in [0.3, 0.4) is 0 Å². The van der Waals surface area contributed by atoms with Crippen LogP contribution in [0.2, 0.25) is 5.02 Å². The number of hydrogen-bond donors (Lipinski definition) is 3. The summed E-state index contributed by atoms with van der Waals surface area (Å²) in [5.41, 5.74) is 4.77. The van der Waals surface area contributed by atoms with Crippen molar-refractivity contribution >= 4 is 69.0 Å². The molecule has 16 nitrogen and oxygen atoms in total. The molecule has 0 aliphatic heterocycles. The van der Waals surface area contributed by atoms with E-state index in [1.807, 2.05) is 48.6 Å². The molecular weight excluding hydrogens is 1040 g/mol. The molecule has 18 heteroatoms. The third-order valence-corrected chi connectivity index (χ3v) is 12.2. The van der Waals surface area contributed by atoms with Crippen LogP contribution in [0.25, 0.3) is 24.3 Å². The topological polar surface area (TPSA) is 172 Å². The van der Waals surface area contributed by atoms with Crippen LogP contribution in [0.15, 0.2) is 114 Å². The minimum atomic E-state index is -1.25. The van der Waals surface area contributed by atoms with Gasteiger partial charge in [0.1, 0.15) is 11.9 Å². The van der Waals surface area contributed by atoms with Crippen molar-refractivity contribution in [2.75, 3.05) is 81.7 Å². The maximum atomic E-state index is 12.8. The Morgan fingerprint density at radius 3 is 1.64 bits per heavy atom. The van der Waals surface area contributed by atoms with Crippen molar-refractivity contribution in [2.24, 2.45) is 0 Å². The Morgan fingerprint density at radius 2 is 1.07 bits per heavy atom. The first kappa shape index (κ1) is 55.2. The van der Waals surface area contributed by atoms with Crippen molar-refractivity contribution in [3.8, 4) is 69.0 Å². The van der Waals surface area contributed by atoms with Crippen LogP contribution in [-0.2, 0) is 0 Å². The lowest BCUT2D eigenvalue weighted by molar-refractivity contribution is -0.104. The molecule has 74 heavy (non-hydrogen) atoms. The fourth-order valence-electron chi connectivity index (χ4n) is 7.46. The quantitative estimate of drug-likeness (QED) is 0.0162. The highest BCUT2D eigenvalue weighted by Gasteiger charge is 2.26. The van der Waals surface area contributed by atoms with Crippen LogP contribution in [0.1, 0.15) is 44.3 Å². The number of carbonyl (C=O) groups excluding carboxylic acids is 1. The van der Waals surface area contributed by atoms with Crippen LogP contribution in [0.5, 0.6) is 69.0 Å². The molecule has 0 aliphatic rings. The number of ketones is 1. The molecule has 6 aromatic rings. The van der Waals surface area contributed by atoms with E-state index < -0.39 is 6.10 Å². The van der Waals surface area contributed by atoms with E-state index in [2.05, 4.69) is 26.6 Å². The highest BCUT2D eigenvalue weighted by Crippen LogP contribution is 2.48. The highest BCUT2D eigenvalue weighted by molar-refractivity contribution is 9.10. The van der Waals surface area contributed by atoms with Crippen molar-refractivity contribution < 1.29 is 67.0 Å². The molecule has 0 spiro atoms. The molecule has 0 radical (unpaired) electrons. The normalized spacial score (nSPS) is 11.6. The SMILES string of the molecule is COc1cc(N/C=C\C(O)c2cc(OC)c(OC)c(OOc3cc(/C=C\c4ccc(OC)c(OC)c4N/C=C\C(=O)c4ccccc4)cc(OC)c3OC)c2Br)c(/C=C\c2cc(OC)c(OC)c(OC)c2)cc1Cl. The number of carbonyl (C=O) groups is 1. The molecule has 1 unspecified atom stereocenters. The van der Waals surface area contributed by atoms with E-state index in [1.54, 1.807) is 87.3 Å². The Kier molecular flexibility index (Phi) is 19.8. The number of benzene rings is 6. The van der Waals surface area contributed by atoms with Crippen LogP contribution < -0.4 is 67.8 Å². The molecule has 0 saturated heterocycles. The van der Waals surface area contributed by atoms with Crippen molar-refractivity contribution in [2.45, 2.75) is 6.10 Å². The van der Waals surface area contributed by atoms with E-state index >= 15 is 0 Å². The van der Waals surface area contributed by atoms with Crippen LogP contribution in [-0.4, -0.2) is 82.0 Å². The monoisotopic (exact) mass is 1090 g/mol. The van der Waals surface area contributed by atoms with Gasteiger partial charge in [0.05, 0.1) is 86.3 Å². The summed E-state index contributed by atoms with van der Waals surface area (Å²) in [4.78, 5) is 24.9. The smallest absolute Gasteiger partial charge is 0.238 e. The maximum absolute atomic E-state index is 12.8. The third kappa shape index (κ3) is 12.9. The van der Waals surface area contributed by atoms with Crippen molar-refractivity contribution in [3.63, 3.8) is 0 Å². The lowest BCUT2D eigenvalue weighted by atomic mass is 10.1. The Labute approximate surface area is 443 Å². The second kappa shape index (κ2) is 26.5. The zero-order valence-electron chi connectivity index (χ0n) is 42.3. The molecule has 0 fully saturated rings. The molecule has 0 aliphatic carbocycles. The van der Waals surface area contributed by atoms with Gasteiger partial charge in [0.15, 0.2) is 40.3 Å². The first-order valence-electron chi connectivity index (χ1n) is 22.4. The van der Waals surface area contributed by atoms with Crippen molar-refractivity contribution in [1.29, 1.82) is 0 Å². The molecule has 0 bridgehead atoms. The number of halogens is 2. The lowest BCUT2D eigenvalue weighted by Crippen LogP contribution is -2.08. The summed E-state index contributed by atoms with van der Waals surface area (Å²) in [6.45, 7) is 0. The number of hydrogen-bond acceptors (Lipinski definition) is 16. The van der Waals surface area contributed by atoms with Gasteiger partial charge in [-0.25, -0.2) is 0 Å². The van der Waals surface area contributed by atoms with E-state index in [1.165, 1.54) is 69.0 Å². The van der Waals surface area contributed by atoms with Gasteiger partial charge >= 0.3 is 0 Å². The van der Waals surface area contributed by atoms with E-state index in [0.717, 1.165) is 5.56 Å². The van der Waals surface area contributed by atoms with Gasteiger partial charge in [-0.3, -0.25) is 14.6 Å². The molecule has 1 atom stereocenters. The van der Waals surface area contributed by atoms with Gasteiger partial charge in [-0.2, -0.15) is 0 Å². The van der Waals surface area contributed by atoms with Gasteiger partial charge in [0, 0.05) is 40.7 Å². The first-order valence-corrected chi connectivity index (χ1v) is 23.5. The molecule has 388 valence electrons. The predicted octanol–water partition coefficient (Wildman–Crippen LogP) is 12.4. The summed E-state index contributed by atoms with van der Waals surface area (Å²) in [5.74, 6) is 3.68. The third-order valence-electron chi connectivity index (χ3n) is 11.1. The Morgan fingerprint density at radius 1 is 0.527 bits per heavy atom. The maximum Gasteiger partial charge on any atom is 0.238 e. The number of aliphatic hydroxyl groups excluding tert-OH is 1. The predicted molar refractivity (Wildman–Crippen MR) is 291 cm³/mol. The number of allylic oxidation sites excluding steroid dienone is 1. The van der Waals surface area contributed by atoms with E-state index in [9.17, 15) is 9.90 Å². The molecular formula is C56H56BrClN2O14. The Balaban J connectivity index is 1.28. The fourth-order valence-corrected chi connectivity index (χ4v) is 8.31.